The lowest BCUT2D eigenvalue weighted by Crippen LogP contribution is -2.27. The summed E-state index contributed by atoms with van der Waals surface area (Å²) in [4.78, 5) is 98.8. The Morgan fingerprint density at radius 3 is 0.991 bits per heavy atom. The molecule has 0 saturated heterocycles. The van der Waals surface area contributed by atoms with Gasteiger partial charge in [0.05, 0.1) is 41.2 Å². The molecule has 0 spiro atoms. The van der Waals surface area contributed by atoms with E-state index in [1.54, 1.807) is 66.9 Å². The Kier molecular flexibility index (Phi) is 36.3. The number of benzene rings is 6. The third-order valence-electron chi connectivity index (χ3n) is 15.4. The average molecular weight is 1500 g/mol. The van der Waals surface area contributed by atoms with Crippen LogP contribution in [0, 0.1) is 0 Å². The van der Waals surface area contributed by atoms with Crippen LogP contribution in [0.15, 0.2) is 198 Å². The number of nitrogens with two attached hydrogens (primary N) is 2. The van der Waals surface area contributed by atoms with Gasteiger partial charge in [0.15, 0.2) is 0 Å². The van der Waals surface area contributed by atoms with E-state index in [-0.39, 0.29) is 35.5 Å². The van der Waals surface area contributed by atoms with Crippen molar-refractivity contribution in [2.75, 3.05) is 55.8 Å². The molecule has 0 aliphatic heterocycles. The summed E-state index contributed by atoms with van der Waals surface area (Å²) in [6, 6.07) is 57.1. The first kappa shape index (κ1) is 84.3. The van der Waals surface area contributed by atoms with Crippen LogP contribution in [0.5, 0.6) is 0 Å². The van der Waals surface area contributed by atoms with E-state index in [1.807, 2.05) is 207 Å². The lowest BCUT2D eigenvalue weighted by molar-refractivity contribution is -0.140. The van der Waals surface area contributed by atoms with E-state index in [0.717, 1.165) is 119 Å². The molecule has 9 aromatic rings. The molecule has 0 saturated carbocycles. The third-order valence-corrected chi connectivity index (χ3v) is 18.2. The van der Waals surface area contributed by atoms with Crippen molar-refractivity contribution in [1.82, 2.24) is 0 Å². The Balaban J connectivity index is 0.000000230. The third kappa shape index (κ3) is 34.3. The summed E-state index contributed by atoms with van der Waals surface area (Å²) in [6.45, 7) is 10.8. The van der Waals surface area contributed by atoms with Crippen LogP contribution in [-0.2, 0) is 43.0 Å². The standard InChI is InChI=1S/C29H35N3O4S.C24H27N3O2S.C15H18N2O2S.C15H21NO3/c1-29(2,3)36-28(35)32-23-18-17-21(25-14-11-19-37-25)20-24(23)31-27(34)16-10-5-4-9-15-26(33)30-22-12-7-6-8-13-22;25-20-15-14-18(22-11-8-16-30-22)17-21(20)27-24(29)13-7-2-1-6-12-23(28)26-19-9-4-3-5-10-19;1-15(2,3)19-14(18)17-12-7-6-10(9-11(12)16)13-5-4-8-20-13;1-19-15(18)12-8-3-2-7-11-14(17)16-13-9-5-4-6-10-13/h6-8,11-14,17-20H,4-5,9-10,15-16H2,1-3H3,(H,30,33)(H,31,34)(H,32,35);3-5,8-11,14-17H,1-2,6-7,12-13,25H2,(H,26,28)(H,27,29);4-9H,16H2,1-3H3,(H,17,18);4-6,9-10H,2-3,7-8,11-12H2,1H3,(H,16,17). The molecule has 0 fully saturated rings. The van der Waals surface area contributed by atoms with Gasteiger partial charge >= 0.3 is 18.2 Å². The maximum absolute atomic E-state index is 12.7. The number of carbonyl (C=O) groups excluding carboxylic acids is 8. The fourth-order valence-electron chi connectivity index (χ4n) is 10.2. The molecule has 0 radical (unpaired) electrons. The van der Waals surface area contributed by atoms with Gasteiger partial charge in [-0.2, -0.15) is 0 Å². The summed E-state index contributed by atoms with van der Waals surface area (Å²) in [5.41, 5.74) is 19.6. The molecule has 20 nitrogen and oxygen atoms in total. The molecule has 106 heavy (non-hydrogen) atoms. The van der Waals surface area contributed by atoms with E-state index >= 15 is 0 Å². The molecular weight excluding hydrogens is 1400 g/mol. The number of ether oxygens (including phenoxy) is 3. The van der Waals surface area contributed by atoms with Gasteiger partial charge < -0.3 is 52.3 Å². The number of esters is 1. The number of anilines is 9. The number of methoxy groups -OCH3 is 1. The molecule has 0 atom stereocenters. The van der Waals surface area contributed by atoms with Crippen molar-refractivity contribution in [1.29, 1.82) is 0 Å². The quantitative estimate of drug-likeness (QED) is 0.00846. The Morgan fingerprint density at radius 2 is 0.642 bits per heavy atom. The SMILES string of the molecule is CC(C)(C)OC(=O)Nc1ccc(-c2cccs2)cc1N.CC(C)(C)OC(=O)Nc1ccc(-c2cccs2)cc1NC(=O)CCCCCCC(=O)Nc1ccccc1.COC(=O)CCCCCCC(=O)Nc1ccccc1.Nc1ccc(-c2cccs2)cc1NC(=O)CCCCCCC(=O)Nc1ccccc1. The zero-order valence-electron chi connectivity index (χ0n) is 61.7. The molecule has 3 heterocycles. The highest BCUT2D eigenvalue weighted by Gasteiger charge is 2.20. The summed E-state index contributed by atoms with van der Waals surface area (Å²) >= 11 is 4.90. The number of hydrogen-bond acceptors (Lipinski definition) is 16. The van der Waals surface area contributed by atoms with Crippen LogP contribution in [0.3, 0.4) is 0 Å². The maximum atomic E-state index is 12.7. The minimum Gasteiger partial charge on any atom is -0.469 e. The number of unbranched alkanes of at least 4 members (excludes halogenated alkanes) is 9. The summed E-state index contributed by atoms with van der Waals surface area (Å²) in [6.07, 6.45) is 11.9. The molecule has 9 rings (SSSR count). The van der Waals surface area contributed by atoms with Crippen molar-refractivity contribution in [3.05, 3.63) is 198 Å². The number of thiophene rings is 3. The van der Waals surface area contributed by atoms with Crippen molar-refractivity contribution < 1.29 is 52.6 Å². The van der Waals surface area contributed by atoms with Crippen LogP contribution in [0.25, 0.3) is 31.3 Å². The van der Waals surface area contributed by atoms with Gasteiger partial charge in [-0.3, -0.25) is 39.4 Å². The Morgan fingerprint density at radius 1 is 0.321 bits per heavy atom. The Bertz CT molecular complexity index is 4150. The summed E-state index contributed by atoms with van der Waals surface area (Å²) in [5, 5.41) is 25.9. The predicted molar refractivity (Wildman–Crippen MR) is 435 cm³/mol. The van der Waals surface area contributed by atoms with Crippen molar-refractivity contribution >= 4 is 133 Å². The Labute approximate surface area is 635 Å². The molecule has 0 aliphatic carbocycles. The molecule has 0 bridgehead atoms. The van der Waals surface area contributed by atoms with E-state index in [2.05, 4.69) is 42.0 Å². The fourth-order valence-corrected chi connectivity index (χ4v) is 12.4. The largest absolute Gasteiger partial charge is 0.469 e. The lowest BCUT2D eigenvalue weighted by Gasteiger charge is -2.21. The maximum Gasteiger partial charge on any atom is 0.412 e. The first-order valence-electron chi connectivity index (χ1n) is 35.6. The topological polar surface area (TPSA) is 300 Å². The number of carbonyl (C=O) groups is 8. The fraction of sp³-hybridized carbons (Fsp3) is 0.325. The van der Waals surface area contributed by atoms with Gasteiger partial charge in [-0.25, -0.2) is 9.59 Å². The van der Waals surface area contributed by atoms with Gasteiger partial charge in [-0.05, 0) is 204 Å². The molecule has 11 N–H and O–H groups in total. The molecular formula is C83H101N9O11S3. The number of nitrogens with one attached hydrogen (secondary N) is 7. The second-order valence-electron chi connectivity index (χ2n) is 26.7. The summed E-state index contributed by atoms with van der Waals surface area (Å²) < 4.78 is 15.1. The highest BCUT2D eigenvalue weighted by atomic mass is 32.1. The van der Waals surface area contributed by atoms with Crippen LogP contribution in [-0.4, -0.2) is 66.0 Å². The molecule has 23 heteroatoms. The molecule has 3 aromatic heterocycles. The van der Waals surface area contributed by atoms with Gasteiger partial charge in [0.25, 0.3) is 0 Å². The Hall–Kier alpha value is -10.6. The first-order chi connectivity index (χ1) is 50.9. The van der Waals surface area contributed by atoms with Gasteiger partial charge in [-0.15, -0.1) is 34.0 Å². The monoisotopic (exact) mass is 1500 g/mol. The second kappa shape index (κ2) is 45.6. The van der Waals surface area contributed by atoms with E-state index in [4.69, 9.17) is 20.9 Å². The average Bonchev–Trinajstić information content (AvgIpc) is 1.35. The second-order valence-corrected chi connectivity index (χ2v) is 29.6. The number of nitrogen functional groups attached to an aromatic ring is 2. The normalized spacial score (nSPS) is 10.7. The molecule has 6 aromatic carbocycles. The number of rotatable bonds is 31. The van der Waals surface area contributed by atoms with Crippen LogP contribution in [0.4, 0.5) is 60.8 Å². The predicted octanol–water partition coefficient (Wildman–Crippen LogP) is 21.1. The van der Waals surface area contributed by atoms with Gasteiger partial charge in [0.2, 0.25) is 29.5 Å². The van der Waals surface area contributed by atoms with Crippen LogP contribution < -0.4 is 48.7 Å². The molecule has 0 unspecified atom stereocenters. The zero-order valence-corrected chi connectivity index (χ0v) is 64.1. The lowest BCUT2D eigenvalue weighted by atomic mass is 10.1. The molecule has 562 valence electrons. The van der Waals surface area contributed by atoms with Gasteiger partial charge in [0.1, 0.15) is 11.2 Å². The first-order valence-corrected chi connectivity index (χ1v) is 38.3. The number of para-hydroxylation sites is 3. The van der Waals surface area contributed by atoms with Crippen molar-refractivity contribution in [2.45, 2.75) is 168 Å². The van der Waals surface area contributed by atoms with Crippen molar-refractivity contribution in [2.24, 2.45) is 0 Å². The van der Waals surface area contributed by atoms with Crippen LogP contribution in [0.2, 0.25) is 0 Å². The highest BCUT2D eigenvalue weighted by molar-refractivity contribution is 7.14. The van der Waals surface area contributed by atoms with Crippen LogP contribution >= 0.6 is 34.0 Å². The van der Waals surface area contributed by atoms with E-state index < -0.39 is 23.4 Å². The molecule has 0 aliphatic rings. The number of amides is 7. The zero-order chi connectivity index (χ0) is 76.5. The van der Waals surface area contributed by atoms with E-state index in [0.29, 0.717) is 79.1 Å². The van der Waals surface area contributed by atoms with Crippen molar-refractivity contribution in [3.8, 4) is 31.3 Å². The summed E-state index contributed by atoms with van der Waals surface area (Å²) in [7, 11) is 1.40. The van der Waals surface area contributed by atoms with Gasteiger partial charge in [-0.1, -0.05) is 130 Å². The van der Waals surface area contributed by atoms with E-state index in [9.17, 15) is 38.4 Å². The minimum absolute atomic E-state index is 0.000387. The van der Waals surface area contributed by atoms with Crippen molar-refractivity contribution in [3.63, 3.8) is 0 Å². The van der Waals surface area contributed by atoms with Gasteiger partial charge in [0, 0.05) is 70.2 Å². The number of hydrogen-bond donors (Lipinski definition) is 9. The smallest absolute Gasteiger partial charge is 0.412 e. The van der Waals surface area contributed by atoms with E-state index in [1.165, 1.54) is 7.11 Å². The minimum atomic E-state index is -0.632. The van der Waals surface area contributed by atoms with Crippen LogP contribution in [0.1, 0.15) is 157 Å². The molecule has 7 amide bonds. The summed E-state index contributed by atoms with van der Waals surface area (Å²) in [5.74, 6) is -0.259. The highest BCUT2D eigenvalue weighted by Crippen LogP contribution is 2.34.